The van der Waals surface area contributed by atoms with Crippen LogP contribution in [0.1, 0.15) is 43.0 Å². The second-order valence-corrected chi connectivity index (χ2v) is 6.91. The monoisotopic (exact) mass is 367 g/mol. The van der Waals surface area contributed by atoms with Crippen LogP contribution in [0.2, 0.25) is 0 Å². The van der Waals surface area contributed by atoms with E-state index in [2.05, 4.69) is 54.3 Å². The Morgan fingerprint density at radius 3 is 2.44 bits per heavy atom. The minimum atomic E-state index is -0.135. The molecule has 1 aliphatic heterocycles. The summed E-state index contributed by atoms with van der Waals surface area (Å²) < 4.78 is 5.59. The fourth-order valence-electron chi connectivity index (χ4n) is 3.26. The van der Waals surface area contributed by atoms with Crippen LogP contribution in [0.4, 0.5) is 0 Å². The Balaban J connectivity index is 1.56. The third-order valence-corrected chi connectivity index (χ3v) is 4.93. The van der Waals surface area contributed by atoms with Gasteiger partial charge in [0.2, 0.25) is 5.91 Å². The van der Waals surface area contributed by atoms with E-state index in [0.717, 1.165) is 36.3 Å². The quantitative estimate of drug-likeness (QED) is 0.671. The van der Waals surface area contributed by atoms with Gasteiger partial charge in [-0.05, 0) is 41.7 Å². The fraction of sp³-hybridized carbons (Fsp3) is 0.409. The first-order chi connectivity index (χ1) is 13.2. The van der Waals surface area contributed by atoms with Gasteiger partial charge in [-0.3, -0.25) is 10.2 Å². The molecule has 5 heteroatoms. The molecule has 0 spiro atoms. The Hall–Kier alpha value is -2.37. The summed E-state index contributed by atoms with van der Waals surface area (Å²) >= 11 is 0. The number of benzene rings is 2. The number of nitrogens with one attached hydrogen (secondary N) is 3. The molecule has 1 aliphatic rings. The Morgan fingerprint density at radius 1 is 1.07 bits per heavy atom. The van der Waals surface area contributed by atoms with Crippen LogP contribution in [0, 0.1) is 5.92 Å². The zero-order chi connectivity index (χ0) is 19.1. The summed E-state index contributed by atoms with van der Waals surface area (Å²) in [6, 6.07) is 16.4. The predicted octanol–water partition coefficient (Wildman–Crippen LogP) is 3.12. The summed E-state index contributed by atoms with van der Waals surface area (Å²) in [5, 5.41) is 3.07. The molecule has 5 nitrogen and oxygen atoms in total. The minimum absolute atomic E-state index is 0.0132. The summed E-state index contributed by atoms with van der Waals surface area (Å²) in [4.78, 5) is 12.7. The highest BCUT2D eigenvalue weighted by atomic mass is 16.5. The number of carbonyl (C=O) groups excluding carboxylic acids is 1. The molecule has 144 valence electrons. The third kappa shape index (κ3) is 5.08. The van der Waals surface area contributed by atoms with Crippen molar-refractivity contribution < 1.29 is 9.53 Å². The predicted molar refractivity (Wildman–Crippen MR) is 107 cm³/mol. The molecule has 2 aromatic rings. The van der Waals surface area contributed by atoms with Gasteiger partial charge in [0, 0.05) is 13.1 Å². The van der Waals surface area contributed by atoms with Gasteiger partial charge in [0.15, 0.2) is 0 Å². The van der Waals surface area contributed by atoms with Crippen LogP contribution in [-0.4, -0.2) is 19.1 Å². The maximum atomic E-state index is 12.7. The van der Waals surface area contributed by atoms with Crippen LogP contribution < -0.4 is 20.9 Å². The van der Waals surface area contributed by atoms with Crippen molar-refractivity contribution in [1.29, 1.82) is 0 Å². The van der Waals surface area contributed by atoms with E-state index in [9.17, 15) is 4.79 Å². The van der Waals surface area contributed by atoms with Gasteiger partial charge in [-0.1, -0.05) is 50.2 Å². The third-order valence-electron chi connectivity index (χ3n) is 4.93. The summed E-state index contributed by atoms with van der Waals surface area (Å²) in [5.41, 5.74) is 9.87. The summed E-state index contributed by atoms with van der Waals surface area (Å²) in [5.74, 6) is 0.791. The van der Waals surface area contributed by atoms with Gasteiger partial charge in [-0.25, -0.2) is 5.43 Å². The highest BCUT2D eigenvalue weighted by molar-refractivity contribution is 5.80. The van der Waals surface area contributed by atoms with Crippen LogP contribution >= 0.6 is 0 Å². The Labute approximate surface area is 161 Å². The first-order valence-corrected chi connectivity index (χ1v) is 9.78. The molecular formula is C22H29N3O2. The first kappa shape index (κ1) is 19.4. The van der Waals surface area contributed by atoms with Crippen LogP contribution in [0.5, 0.6) is 5.75 Å². The van der Waals surface area contributed by atoms with Crippen molar-refractivity contribution in [2.75, 3.05) is 13.2 Å². The minimum Gasteiger partial charge on any atom is -0.494 e. The van der Waals surface area contributed by atoms with E-state index in [1.54, 1.807) is 0 Å². The Morgan fingerprint density at radius 2 is 1.78 bits per heavy atom. The highest BCUT2D eigenvalue weighted by Crippen LogP contribution is 2.25. The van der Waals surface area contributed by atoms with E-state index >= 15 is 0 Å². The maximum absolute atomic E-state index is 12.7. The first-order valence-electron chi connectivity index (χ1n) is 9.78. The maximum Gasteiger partial charge on any atom is 0.226 e. The van der Waals surface area contributed by atoms with Crippen LogP contribution in [0.15, 0.2) is 48.5 Å². The van der Waals surface area contributed by atoms with Crippen molar-refractivity contribution in [3.63, 3.8) is 0 Å². The number of rotatable bonds is 8. The van der Waals surface area contributed by atoms with E-state index < -0.39 is 0 Å². The van der Waals surface area contributed by atoms with E-state index in [0.29, 0.717) is 13.1 Å². The summed E-state index contributed by atoms with van der Waals surface area (Å²) in [7, 11) is 0. The number of hydrogen-bond donors (Lipinski definition) is 3. The number of ether oxygens (including phenoxy) is 1. The van der Waals surface area contributed by atoms with Gasteiger partial charge in [0.1, 0.15) is 5.75 Å². The highest BCUT2D eigenvalue weighted by Gasteiger charge is 2.33. The van der Waals surface area contributed by atoms with Crippen LogP contribution in [0.25, 0.3) is 0 Å². The molecule has 0 radical (unpaired) electrons. The van der Waals surface area contributed by atoms with Crippen molar-refractivity contribution in [3.8, 4) is 5.75 Å². The number of amides is 1. The Kier molecular flexibility index (Phi) is 6.85. The van der Waals surface area contributed by atoms with E-state index in [1.165, 1.54) is 5.56 Å². The number of carbonyl (C=O) groups is 1. The van der Waals surface area contributed by atoms with Gasteiger partial charge in [0.25, 0.3) is 0 Å². The molecule has 3 rings (SSSR count). The van der Waals surface area contributed by atoms with Crippen LogP contribution in [-0.2, 0) is 17.8 Å². The van der Waals surface area contributed by atoms with Crippen molar-refractivity contribution in [2.24, 2.45) is 5.92 Å². The molecular weight excluding hydrogens is 338 g/mol. The lowest BCUT2D eigenvalue weighted by Crippen LogP contribution is -2.34. The Bertz CT molecular complexity index is 728. The number of hydrazine groups is 1. The van der Waals surface area contributed by atoms with Gasteiger partial charge in [-0.2, -0.15) is 0 Å². The summed E-state index contributed by atoms with van der Waals surface area (Å²) in [6.07, 6.45) is 2.01. The van der Waals surface area contributed by atoms with Gasteiger partial charge in [0.05, 0.1) is 18.6 Å². The van der Waals surface area contributed by atoms with E-state index in [1.807, 2.05) is 24.3 Å². The fourth-order valence-corrected chi connectivity index (χ4v) is 3.26. The molecule has 1 saturated heterocycles. The molecule has 1 heterocycles. The summed E-state index contributed by atoms with van der Waals surface area (Å²) in [6.45, 7) is 6.09. The zero-order valence-corrected chi connectivity index (χ0v) is 16.1. The van der Waals surface area contributed by atoms with Crippen molar-refractivity contribution in [2.45, 2.75) is 39.3 Å². The van der Waals surface area contributed by atoms with Gasteiger partial charge < -0.3 is 10.1 Å². The molecule has 0 bridgehead atoms. The van der Waals surface area contributed by atoms with E-state index in [-0.39, 0.29) is 17.9 Å². The second-order valence-electron chi connectivity index (χ2n) is 6.91. The molecule has 0 saturated carbocycles. The van der Waals surface area contributed by atoms with Gasteiger partial charge >= 0.3 is 0 Å². The lowest BCUT2D eigenvalue weighted by Gasteiger charge is -2.19. The van der Waals surface area contributed by atoms with Crippen molar-refractivity contribution in [1.82, 2.24) is 16.2 Å². The lowest BCUT2D eigenvalue weighted by atomic mass is 9.93. The largest absolute Gasteiger partial charge is 0.494 e. The standard InChI is InChI=1S/C22H29N3O2/c1-3-13-27-19-11-7-17(8-12-19)14-23-22(26)20-15-24-25-21(20)18-9-5-16(4-2)6-10-18/h5-12,20-21,24-25H,3-4,13-15H2,1-2H3,(H,23,26). The zero-order valence-electron chi connectivity index (χ0n) is 16.1. The molecule has 27 heavy (non-hydrogen) atoms. The molecule has 2 unspecified atom stereocenters. The van der Waals surface area contributed by atoms with Crippen molar-refractivity contribution >= 4 is 5.91 Å². The topological polar surface area (TPSA) is 62.4 Å². The molecule has 0 aromatic heterocycles. The normalized spacial score (nSPS) is 19.0. The molecule has 1 amide bonds. The molecule has 2 aromatic carbocycles. The molecule has 3 N–H and O–H groups in total. The van der Waals surface area contributed by atoms with Gasteiger partial charge in [-0.15, -0.1) is 0 Å². The molecule has 1 fully saturated rings. The number of aryl methyl sites for hydroxylation is 1. The van der Waals surface area contributed by atoms with E-state index in [4.69, 9.17) is 4.74 Å². The molecule has 2 atom stereocenters. The average molecular weight is 367 g/mol. The molecule has 0 aliphatic carbocycles. The van der Waals surface area contributed by atoms with Crippen LogP contribution in [0.3, 0.4) is 0 Å². The second kappa shape index (κ2) is 9.53. The SMILES string of the molecule is CCCOc1ccc(CNC(=O)C2CNNC2c2ccc(CC)cc2)cc1. The average Bonchev–Trinajstić information content (AvgIpc) is 3.21. The van der Waals surface area contributed by atoms with Crippen molar-refractivity contribution in [3.05, 3.63) is 65.2 Å². The number of hydrogen-bond acceptors (Lipinski definition) is 4. The smallest absolute Gasteiger partial charge is 0.226 e. The lowest BCUT2D eigenvalue weighted by molar-refractivity contribution is -0.125.